The maximum absolute atomic E-state index is 3.77. The van der Waals surface area contributed by atoms with Crippen LogP contribution in [0.25, 0.3) is 10.9 Å². The second-order valence-electron chi connectivity index (χ2n) is 6.59. The molecule has 2 aliphatic rings. The van der Waals surface area contributed by atoms with Crippen molar-refractivity contribution in [3.05, 3.63) is 30.0 Å². The topological polar surface area (TPSA) is 20.2 Å². The molecule has 2 N–H and O–H groups in total. The predicted molar refractivity (Wildman–Crippen MR) is 85.5 cm³/mol. The van der Waals surface area contributed by atoms with Crippen molar-refractivity contribution in [2.75, 3.05) is 18.8 Å². The minimum Gasteiger partial charge on any atom is -0.352 e. The van der Waals surface area contributed by atoms with Crippen LogP contribution < -0.4 is 4.90 Å². The minimum atomic E-state index is 0.290. The average molecular weight is 287 g/mol. The number of thioether (sulfide) groups is 1. The quantitative estimate of drug-likeness (QED) is 0.826. The fraction of sp³-hybridized carbons (Fsp3) is 0.529. The van der Waals surface area contributed by atoms with Gasteiger partial charge in [0.25, 0.3) is 0 Å². The number of H-pyrrole nitrogens is 1. The molecule has 0 spiro atoms. The molecule has 4 rings (SSSR count). The van der Waals surface area contributed by atoms with Gasteiger partial charge in [0, 0.05) is 33.9 Å². The third-order valence-corrected chi connectivity index (χ3v) is 6.57. The molecular weight excluding hydrogens is 264 g/mol. The molecule has 3 atom stereocenters. The third kappa shape index (κ3) is 1.69. The Morgan fingerprint density at radius 1 is 1.40 bits per heavy atom. The highest BCUT2D eigenvalue weighted by molar-refractivity contribution is 7.99. The molecule has 0 saturated carbocycles. The number of quaternary nitrogens is 1. The van der Waals surface area contributed by atoms with E-state index in [9.17, 15) is 0 Å². The lowest BCUT2D eigenvalue weighted by atomic mass is 9.89. The first-order valence-corrected chi connectivity index (χ1v) is 8.80. The van der Waals surface area contributed by atoms with E-state index in [-0.39, 0.29) is 0 Å². The van der Waals surface area contributed by atoms with E-state index in [1.807, 2.05) is 0 Å². The number of nitrogens with one attached hydrogen (secondary N) is 2. The summed E-state index contributed by atoms with van der Waals surface area (Å²) in [6.45, 7) is 7.48. The summed E-state index contributed by atoms with van der Waals surface area (Å²) in [7, 11) is 0. The molecule has 106 valence electrons. The zero-order valence-corrected chi connectivity index (χ0v) is 13.1. The average Bonchev–Trinajstić information content (AvgIpc) is 2.96. The van der Waals surface area contributed by atoms with Gasteiger partial charge in [-0.2, -0.15) is 0 Å². The smallest absolute Gasteiger partial charge is 0.137 e. The molecule has 2 nitrogen and oxygen atoms in total. The van der Waals surface area contributed by atoms with E-state index in [0.717, 1.165) is 5.92 Å². The van der Waals surface area contributed by atoms with Gasteiger partial charge in [-0.15, -0.1) is 11.8 Å². The molecule has 1 unspecified atom stereocenters. The molecule has 1 aromatic carbocycles. The van der Waals surface area contributed by atoms with E-state index >= 15 is 0 Å². The molecule has 3 heteroatoms. The van der Waals surface area contributed by atoms with Gasteiger partial charge in [-0.1, -0.05) is 25.1 Å². The van der Waals surface area contributed by atoms with E-state index in [2.05, 4.69) is 54.9 Å². The maximum atomic E-state index is 3.77. The van der Waals surface area contributed by atoms with Crippen molar-refractivity contribution < 1.29 is 4.90 Å². The molecular formula is C17H23N2S+. The summed E-state index contributed by atoms with van der Waals surface area (Å²) >= 11 is 2.06. The first-order chi connectivity index (χ1) is 9.72. The first kappa shape index (κ1) is 12.8. The molecule has 0 bridgehead atoms. The molecule has 2 aliphatic heterocycles. The molecule has 0 radical (unpaired) electrons. The Hall–Kier alpha value is -0.930. The predicted octanol–water partition coefficient (Wildman–Crippen LogP) is 2.80. The van der Waals surface area contributed by atoms with Gasteiger partial charge in [0.2, 0.25) is 0 Å². The zero-order chi connectivity index (χ0) is 13.7. The number of hydrogen-bond donors (Lipinski definition) is 2. The van der Waals surface area contributed by atoms with Gasteiger partial charge in [0.05, 0.1) is 18.8 Å². The number of fused-ring (bicyclic) bond motifs is 5. The van der Waals surface area contributed by atoms with Gasteiger partial charge in [-0.05, 0) is 19.4 Å². The van der Waals surface area contributed by atoms with Crippen LogP contribution in [0.3, 0.4) is 0 Å². The Morgan fingerprint density at radius 2 is 2.25 bits per heavy atom. The lowest BCUT2D eigenvalue weighted by Crippen LogP contribution is -3.16. The van der Waals surface area contributed by atoms with Gasteiger partial charge in [0.15, 0.2) is 0 Å². The number of para-hydroxylation sites is 1. The van der Waals surface area contributed by atoms with Crippen LogP contribution in [0.1, 0.15) is 32.4 Å². The van der Waals surface area contributed by atoms with Gasteiger partial charge in [-0.3, -0.25) is 0 Å². The van der Waals surface area contributed by atoms with Crippen molar-refractivity contribution in [2.45, 2.75) is 37.1 Å². The van der Waals surface area contributed by atoms with Crippen LogP contribution in [-0.2, 0) is 5.54 Å². The van der Waals surface area contributed by atoms with Gasteiger partial charge < -0.3 is 9.88 Å². The van der Waals surface area contributed by atoms with Gasteiger partial charge in [-0.25, -0.2) is 0 Å². The maximum Gasteiger partial charge on any atom is 0.137 e. The van der Waals surface area contributed by atoms with Crippen LogP contribution >= 0.6 is 11.8 Å². The molecule has 2 aromatic rings. The summed E-state index contributed by atoms with van der Waals surface area (Å²) < 4.78 is 0. The van der Waals surface area contributed by atoms with Crippen molar-refractivity contribution in [1.82, 2.24) is 4.98 Å². The Kier molecular flexibility index (Phi) is 2.90. The zero-order valence-electron chi connectivity index (χ0n) is 12.3. The van der Waals surface area contributed by atoms with Crippen LogP contribution in [0.2, 0.25) is 0 Å². The fourth-order valence-corrected chi connectivity index (χ4v) is 5.55. The summed E-state index contributed by atoms with van der Waals surface area (Å²) in [4.78, 5) is 7.09. The molecule has 20 heavy (non-hydrogen) atoms. The van der Waals surface area contributed by atoms with Crippen LogP contribution in [0.4, 0.5) is 0 Å². The van der Waals surface area contributed by atoms with E-state index < -0.39 is 0 Å². The lowest BCUT2D eigenvalue weighted by Gasteiger charge is -2.29. The number of aromatic amines is 1. The van der Waals surface area contributed by atoms with Crippen LogP contribution in [0.15, 0.2) is 29.2 Å². The Balaban J connectivity index is 1.91. The number of rotatable bonds is 1. The highest BCUT2D eigenvalue weighted by Gasteiger charge is 2.50. The van der Waals surface area contributed by atoms with E-state index in [0.29, 0.717) is 5.54 Å². The van der Waals surface area contributed by atoms with Crippen molar-refractivity contribution >= 4 is 22.7 Å². The minimum absolute atomic E-state index is 0.290. The van der Waals surface area contributed by atoms with E-state index in [1.54, 1.807) is 4.90 Å². The Bertz CT molecular complexity index is 647. The summed E-state index contributed by atoms with van der Waals surface area (Å²) in [5.74, 6) is 2.13. The van der Waals surface area contributed by atoms with Crippen LogP contribution in [-0.4, -0.2) is 23.8 Å². The molecule has 1 aromatic heterocycles. The summed E-state index contributed by atoms with van der Waals surface area (Å²) in [5.41, 5.74) is 3.11. The summed E-state index contributed by atoms with van der Waals surface area (Å²) in [6, 6.07) is 8.80. The van der Waals surface area contributed by atoms with Crippen LogP contribution in [0, 0.1) is 5.92 Å². The van der Waals surface area contributed by atoms with Gasteiger partial charge in [0.1, 0.15) is 5.54 Å². The monoisotopic (exact) mass is 287 g/mol. The van der Waals surface area contributed by atoms with Gasteiger partial charge >= 0.3 is 0 Å². The molecule has 0 amide bonds. The van der Waals surface area contributed by atoms with E-state index in [4.69, 9.17) is 0 Å². The number of benzene rings is 1. The van der Waals surface area contributed by atoms with Crippen LogP contribution in [0.5, 0.6) is 0 Å². The highest BCUT2D eigenvalue weighted by Crippen LogP contribution is 2.41. The normalized spacial score (nSPS) is 32.9. The van der Waals surface area contributed by atoms with Crippen molar-refractivity contribution in [2.24, 2.45) is 5.92 Å². The third-order valence-electron chi connectivity index (χ3n) is 5.45. The van der Waals surface area contributed by atoms with Crippen molar-refractivity contribution in [1.29, 1.82) is 0 Å². The standard InChI is InChI=1S/C17H22N2S/c1-3-12-10-17(2)16-15(20-9-8-19(17)11-12)13-6-4-5-7-14(13)18-16/h4-7,12,18H,3,8-11H2,1-2H3/p+1/t12-,17+/m1/s1. The molecule has 0 aliphatic carbocycles. The molecule has 3 heterocycles. The van der Waals surface area contributed by atoms with E-state index in [1.165, 1.54) is 53.2 Å². The second kappa shape index (κ2) is 4.54. The molecule has 1 saturated heterocycles. The highest BCUT2D eigenvalue weighted by atomic mass is 32.2. The molecule has 1 fully saturated rings. The van der Waals surface area contributed by atoms with Crippen molar-refractivity contribution in [3.8, 4) is 0 Å². The Labute approximate surface area is 124 Å². The summed E-state index contributed by atoms with van der Waals surface area (Å²) in [6.07, 6.45) is 2.65. The lowest BCUT2D eigenvalue weighted by molar-refractivity contribution is -0.944. The largest absolute Gasteiger partial charge is 0.352 e. The number of hydrogen-bond acceptors (Lipinski definition) is 1. The first-order valence-electron chi connectivity index (χ1n) is 7.81. The fourth-order valence-electron chi connectivity index (χ4n) is 4.24. The SMILES string of the molecule is CC[C@H]1C[NH+]2CCSc3c([nH]c4ccccc34)[C@]2(C)C1. The summed E-state index contributed by atoms with van der Waals surface area (Å²) in [5, 5.41) is 1.43. The van der Waals surface area contributed by atoms with Crippen molar-refractivity contribution in [3.63, 3.8) is 0 Å². The Morgan fingerprint density at radius 3 is 3.10 bits per heavy atom. The number of aromatic nitrogens is 1. The second-order valence-corrected chi connectivity index (χ2v) is 7.70.